The summed E-state index contributed by atoms with van der Waals surface area (Å²) in [6.07, 6.45) is 8.22. The van der Waals surface area contributed by atoms with Gasteiger partial charge in [0, 0.05) is 58.5 Å². The molecule has 6 unspecified atom stereocenters. The molecular weight excluding hydrogens is 650 g/mol. The summed E-state index contributed by atoms with van der Waals surface area (Å²) >= 11 is 0. The minimum absolute atomic E-state index is 0.0143. The fraction of sp³-hybridized carbons (Fsp3) is 0.579. The number of carbonyl (C=O) groups excluding carboxylic acids is 2. The van der Waals surface area contributed by atoms with Gasteiger partial charge in [0.2, 0.25) is 5.91 Å². The van der Waals surface area contributed by atoms with Crippen LogP contribution < -0.4 is 4.74 Å². The molecule has 2 saturated carbocycles. The van der Waals surface area contributed by atoms with Crippen LogP contribution in [0.5, 0.6) is 5.75 Å². The standard InChI is InChI=1S/C34H36N2O5.C4H8F2OS/c1-19(37)21-8-10-24-27(12-21)35-17-33(32(38)36-28-15-40-18-34(28)29(36)16-41-34)14-26(33)25-13-22(39-2)9-11-23(25)31(35)30(24)20-6-4-3-5-7-20;1-4(5,6)3-8(2)7/h8-13,20,26,28-29H,3-7,14-18H2,1-2H3;3H2,1-2H3. The second kappa shape index (κ2) is 11.7. The first-order valence-corrected chi connectivity index (χ1v) is 19.2. The lowest BCUT2D eigenvalue weighted by atomic mass is 9.72. The third-order valence-electron chi connectivity index (χ3n) is 12.0. The van der Waals surface area contributed by atoms with Crippen molar-refractivity contribution in [1.29, 1.82) is 0 Å². The van der Waals surface area contributed by atoms with Gasteiger partial charge in [0.05, 0.1) is 55.9 Å². The molecule has 49 heavy (non-hydrogen) atoms. The highest BCUT2D eigenvalue weighted by Gasteiger charge is 2.76. The molecule has 3 aromatic rings. The van der Waals surface area contributed by atoms with Gasteiger partial charge in [0.1, 0.15) is 11.4 Å². The van der Waals surface area contributed by atoms with E-state index in [1.54, 1.807) is 14.0 Å². The molecule has 1 aromatic heterocycles. The molecule has 11 heteroatoms. The summed E-state index contributed by atoms with van der Waals surface area (Å²) in [4.78, 5) is 29.4. The number of alkyl halides is 2. The van der Waals surface area contributed by atoms with Gasteiger partial charge in [0.15, 0.2) is 5.78 Å². The minimum Gasteiger partial charge on any atom is -0.497 e. The van der Waals surface area contributed by atoms with Gasteiger partial charge in [-0.1, -0.05) is 31.4 Å². The number of benzene rings is 2. The van der Waals surface area contributed by atoms with Gasteiger partial charge in [-0.25, -0.2) is 8.78 Å². The van der Waals surface area contributed by atoms with E-state index in [1.807, 2.05) is 6.07 Å². The number of halogens is 2. The molecule has 6 atom stereocenters. The molecule has 0 bridgehead atoms. The van der Waals surface area contributed by atoms with Crippen LogP contribution in [0.15, 0.2) is 36.4 Å². The number of Topliss-reactive ketones (excluding diaryl/α,β-unsaturated/α-hetero) is 1. The zero-order valence-corrected chi connectivity index (χ0v) is 29.4. The molecule has 6 aliphatic rings. The van der Waals surface area contributed by atoms with E-state index >= 15 is 0 Å². The van der Waals surface area contributed by atoms with Crippen LogP contribution in [0.2, 0.25) is 0 Å². The Bertz CT molecular complexity index is 1880. The highest BCUT2D eigenvalue weighted by molar-refractivity contribution is 7.84. The van der Waals surface area contributed by atoms with Crippen LogP contribution in [0.1, 0.15) is 85.7 Å². The largest absolute Gasteiger partial charge is 0.497 e. The predicted octanol–water partition coefficient (Wildman–Crippen LogP) is 6.45. The van der Waals surface area contributed by atoms with E-state index in [1.165, 1.54) is 66.1 Å². The zero-order chi connectivity index (χ0) is 34.5. The summed E-state index contributed by atoms with van der Waals surface area (Å²) in [6, 6.07) is 12.8. The average Bonchev–Trinajstić information content (AvgIpc) is 3.52. The average molecular weight is 695 g/mol. The molecule has 0 N–H and O–H groups in total. The number of likely N-dealkylation sites (tertiary alicyclic amines) is 1. The number of carbonyl (C=O) groups is 2. The number of morpholine rings is 1. The number of hydrogen-bond acceptors (Lipinski definition) is 6. The Kier molecular flexibility index (Phi) is 7.88. The first-order valence-electron chi connectivity index (χ1n) is 17.5. The molecular formula is C38H44F2N2O6S. The van der Waals surface area contributed by atoms with Crippen molar-refractivity contribution in [2.75, 3.05) is 38.9 Å². The van der Waals surface area contributed by atoms with Crippen molar-refractivity contribution >= 4 is 33.4 Å². The number of ether oxygens (including phenoxy) is 3. The molecule has 3 saturated heterocycles. The van der Waals surface area contributed by atoms with E-state index in [0.29, 0.717) is 32.3 Å². The summed E-state index contributed by atoms with van der Waals surface area (Å²) in [5, 5.41) is 1.24. The Morgan fingerprint density at radius 2 is 1.84 bits per heavy atom. The summed E-state index contributed by atoms with van der Waals surface area (Å²) in [7, 11) is 0.331. The van der Waals surface area contributed by atoms with Crippen molar-refractivity contribution in [3.8, 4) is 17.0 Å². The van der Waals surface area contributed by atoms with Gasteiger partial charge < -0.3 is 23.7 Å². The molecule has 2 aliphatic carbocycles. The first-order chi connectivity index (χ1) is 23.4. The lowest BCUT2D eigenvalue weighted by Crippen LogP contribution is -2.86. The normalized spacial score (nSPS) is 30.2. The molecule has 262 valence electrons. The second-order valence-corrected chi connectivity index (χ2v) is 16.6. The number of amides is 1. The van der Waals surface area contributed by atoms with E-state index in [0.717, 1.165) is 30.2 Å². The van der Waals surface area contributed by atoms with Gasteiger partial charge in [0.25, 0.3) is 5.92 Å². The summed E-state index contributed by atoms with van der Waals surface area (Å²) in [5.74, 6) is -1.57. The monoisotopic (exact) mass is 694 g/mol. The predicted molar refractivity (Wildman–Crippen MR) is 183 cm³/mol. The van der Waals surface area contributed by atoms with Crippen LogP contribution >= 0.6 is 0 Å². The number of fused-ring (bicyclic) bond motifs is 7. The number of hydrogen-bond donors (Lipinski definition) is 0. The van der Waals surface area contributed by atoms with Crippen molar-refractivity contribution in [2.45, 2.75) is 94.4 Å². The Morgan fingerprint density at radius 3 is 2.47 bits per heavy atom. The number of aromatic nitrogens is 1. The maximum absolute atomic E-state index is 14.7. The fourth-order valence-corrected chi connectivity index (χ4v) is 10.3. The third kappa shape index (κ3) is 5.12. The molecule has 2 aromatic carbocycles. The van der Waals surface area contributed by atoms with Gasteiger partial charge in [-0.2, -0.15) is 0 Å². The molecule has 0 radical (unpaired) electrons. The Hall–Kier alpha value is -3.15. The summed E-state index contributed by atoms with van der Waals surface area (Å²) < 4.78 is 53.6. The van der Waals surface area contributed by atoms with Crippen LogP contribution in [0.3, 0.4) is 0 Å². The van der Waals surface area contributed by atoms with Crippen LogP contribution in [0.4, 0.5) is 8.78 Å². The SMILES string of the molecule is COc1ccc2c(c1)C1CC1(C(=O)N1C3COCC34OCC14)Cn1c-2c(C2CCCCC2)c2ccc(C(C)=O)cc21.CS(=O)CC(C)(F)F. The quantitative estimate of drug-likeness (QED) is 0.276. The van der Waals surface area contributed by atoms with E-state index in [9.17, 15) is 22.6 Å². The molecule has 5 heterocycles. The number of nitrogens with zero attached hydrogens (tertiary/aromatic N) is 2. The molecule has 4 aliphatic heterocycles. The van der Waals surface area contributed by atoms with Crippen LogP contribution in [-0.2, 0) is 31.6 Å². The van der Waals surface area contributed by atoms with Crippen LogP contribution in [0, 0.1) is 5.41 Å². The van der Waals surface area contributed by atoms with E-state index < -0.39 is 27.9 Å². The van der Waals surface area contributed by atoms with Crippen LogP contribution in [0.25, 0.3) is 22.2 Å². The second-order valence-electron chi connectivity index (χ2n) is 15.2. The van der Waals surface area contributed by atoms with Gasteiger partial charge in [-0.05, 0) is 67.5 Å². The van der Waals surface area contributed by atoms with Crippen molar-refractivity contribution in [3.63, 3.8) is 0 Å². The highest BCUT2D eigenvalue weighted by atomic mass is 32.2. The molecule has 5 fully saturated rings. The molecule has 1 amide bonds. The van der Waals surface area contributed by atoms with E-state index in [2.05, 4.69) is 39.8 Å². The maximum Gasteiger partial charge on any atom is 0.256 e. The van der Waals surface area contributed by atoms with E-state index in [4.69, 9.17) is 14.2 Å². The smallest absolute Gasteiger partial charge is 0.256 e. The number of ketones is 1. The number of rotatable bonds is 6. The van der Waals surface area contributed by atoms with Crippen molar-refractivity contribution in [3.05, 3.63) is 53.1 Å². The maximum atomic E-state index is 14.7. The fourth-order valence-electron chi connectivity index (χ4n) is 9.56. The third-order valence-corrected chi connectivity index (χ3v) is 12.9. The Morgan fingerprint density at radius 1 is 1.08 bits per heavy atom. The van der Waals surface area contributed by atoms with Crippen molar-refractivity contribution < 1.29 is 36.8 Å². The lowest BCUT2D eigenvalue weighted by molar-refractivity contribution is -0.300. The summed E-state index contributed by atoms with van der Waals surface area (Å²) in [6.45, 7) is 4.76. The van der Waals surface area contributed by atoms with Crippen molar-refractivity contribution in [1.82, 2.24) is 9.47 Å². The molecule has 8 nitrogen and oxygen atoms in total. The highest BCUT2D eigenvalue weighted by Crippen LogP contribution is 2.68. The molecule has 1 spiro atoms. The minimum atomic E-state index is -2.78. The van der Waals surface area contributed by atoms with Gasteiger partial charge in [-0.3, -0.25) is 13.8 Å². The Labute approximate surface area is 287 Å². The van der Waals surface area contributed by atoms with Crippen LogP contribution in [-0.4, -0.2) is 87.9 Å². The number of methoxy groups -OCH3 is 1. The van der Waals surface area contributed by atoms with Gasteiger partial charge in [-0.15, -0.1) is 0 Å². The molecule has 9 rings (SSSR count). The van der Waals surface area contributed by atoms with E-state index in [-0.39, 0.29) is 35.3 Å². The summed E-state index contributed by atoms with van der Waals surface area (Å²) in [5.41, 5.74) is 6.10. The van der Waals surface area contributed by atoms with Gasteiger partial charge >= 0.3 is 0 Å². The first kappa shape index (κ1) is 33.0. The lowest BCUT2D eigenvalue weighted by Gasteiger charge is -2.66. The zero-order valence-electron chi connectivity index (χ0n) is 28.6. The van der Waals surface area contributed by atoms with Crippen molar-refractivity contribution in [2.24, 2.45) is 5.41 Å². The topological polar surface area (TPSA) is 87.1 Å². The Balaban J connectivity index is 0.000000392.